The molecule has 0 radical (unpaired) electrons. The largest absolute Gasteiger partial charge is 0.660 e. The van der Waals surface area contributed by atoms with Crippen LogP contribution in [0.1, 0.15) is 107 Å². The molecular formula is C52H46N4-2. The number of aliphatic imine (C=N–C) groups is 2. The molecule has 56 heavy (non-hydrogen) atoms. The van der Waals surface area contributed by atoms with Crippen molar-refractivity contribution in [3.63, 3.8) is 0 Å². The molecular weight excluding hydrogens is 681 g/mol. The molecule has 0 atom stereocenters. The highest BCUT2D eigenvalue weighted by Gasteiger charge is 2.36. The lowest BCUT2D eigenvalue weighted by molar-refractivity contribution is 0.863. The molecule has 0 spiro atoms. The average Bonchev–Trinajstić information content (AvgIpc) is 3.89. The Morgan fingerprint density at radius 2 is 0.714 bits per heavy atom. The molecule has 276 valence electrons. The summed E-state index contributed by atoms with van der Waals surface area (Å²) < 4.78 is 0. The lowest BCUT2D eigenvalue weighted by Crippen LogP contribution is -2.22. The highest BCUT2D eigenvalue weighted by Crippen LogP contribution is 2.47. The van der Waals surface area contributed by atoms with Gasteiger partial charge in [0.1, 0.15) is 0 Å². The Balaban J connectivity index is 1.47. The van der Waals surface area contributed by atoms with Gasteiger partial charge in [-0.25, -0.2) is 0 Å². The minimum atomic E-state index is -0.183. The van der Waals surface area contributed by atoms with Gasteiger partial charge in [0, 0.05) is 0 Å². The van der Waals surface area contributed by atoms with Crippen LogP contribution in [0.25, 0.3) is 11.1 Å². The van der Waals surface area contributed by atoms with Crippen LogP contribution in [-0.4, -0.2) is 11.4 Å². The normalized spacial score (nSPS) is 20.9. The summed E-state index contributed by atoms with van der Waals surface area (Å²) in [5, 5.41) is 0. The van der Waals surface area contributed by atoms with Gasteiger partial charge < -0.3 is 9.97 Å². The summed E-state index contributed by atoms with van der Waals surface area (Å²) in [6, 6.07) is 43.0. The van der Waals surface area contributed by atoms with E-state index in [1.54, 1.807) is 0 Å². The van der Waals surface area contributed by atoms with E-state index >= 15 is 0 Å². The molecule has 0 saturated carbocycles. The monoisotopic (exact) mass is 726 g/mol. The first kappa shape index (κ1) is 35.4. The van der Waals surface area contributed by atoms with E-state index in [1.165, 1.54) is 33.4 Å². The first-order chi connectivity index (χ1) is 27.2. The molecule has 4 heteroatoms. The van der Waals surface area contributed by atoms with Crippen molar-refractivity contribution in [2.75, 3.05) is 0 Å². The molecule has 4 nitrogen and oxygen atoms in total. The van der Waals surface area contributed by atoms with Crippen molar-refractivity contribution < 1.29 is 0 Å². The third kappa shape index (κ3) is 5.50. The molecule has 6 aromatic rings. The smallest absolute Gasteiger partial charge is 0.0732 e. The van der Waals surface area contributed by atoms with Crippen LogP contribution in [0.2, 0.25) is 0 Å². The van der Waals surface area contributed by atoms with Crippen molar-refractivity contribution in [3.8, 4) is 0 Å². The summed E-state index contributed by atoms with van der Waals surface area (Å²) in [6.45, 7) is 17.8. The number of hydrogen-bond donors (Lipinski definition) is 0. The zero-order valence-electron chi connectivity index (χ0n) is 33.5. The molecule has 0 N–H and O–H groups in total. The number of fused-ring (bicyclic) bond motifs is 6. The molecule has 0 aliphatic carbocycles. The van der Waals surface area contributed by atoms with Crippen LogP contribution in [-0.2, 0) is 0 Å². The standard InChI is InChI=1S/C52H46N4/c1-29-30(2)46-42(38-23-15-10-16-24-38)48-33(5)34(6)50(55-48)44(40-27-19-12-20-28-40)52-36(8)35(7)51(56-52)43(39-25-17-11-18-26-39)49-32(4)31(3)47(54-49)41(45(29)53-46)37-21-13-9-14-22-37/h9-28,41,44H,1-8H3/q-2/b46-42-,49-43-. The van der Waals surface area contributed by atoms with E-state index in [-0.39, 0.29) is 11.8 Å². The first-order valence-corrected chi connectivity index (χ1v) is 19.7. The molecule has 0 fully saturated rings. The third-order valence-corrected chi connectivity index (χ3v) is 12.6. The SMILES string of the molecule is CC1=C(C)/C2=C(\c3ccccc3)c3[n-]c(c(C)c3C)C(c3ccccc3)c3[n-]c(c(C)c3C)/C(c3ccccc3)=C3\N=C(C(C)=C3C)C(c3ccccc3)C1=N2. The zero-order valence-corrected chi connectivity index (χ0v) is 33.5. The maximum Gasteiger partial charge on any atom is 0.0732 e. The highest BCUT2D eigenvalue weighted by atomic mass is 14.9. The van der Waals surface area contributed by atoms with Gasteiger partial charge in [0.2, 0.25) is 0 Å². The topological polar surface area (TPSA) is 52.9 Å². The Morgan fingerprint density at radius 1 is 0.375 bits per heavy atom. The molecule has 9 rings (SSSR count). The van der Waals surface area contributed by atoms with E-state index < -0.39 is 0 Å². The van der Waals surface area contributed by atoms with Gasteiger partial charge in [-0.3, -0.25) is 9.98 Å². The maximum absolute atomic E-state index is 5.72. The molecule has 5 heterocycles. The molecule has 8 bridgehead atoms. The third-order valence-electron chi connectivity index (χ3n) is 12.6. The molecule has 3 aliphatic rings. The number of aromatic nitrogens is 2. The van der Waals surface area contributed by atoms with Crippen LogP contribution in [0.4, 0.5) is 0 Å². The van der Waals surface area contributed by atoms with E-state index in [4.69, 9.17) is 20.0 Å². The van der Waals surface area contributed by atoms with E-state index in [9.17, 15) is 0 Å². The number of benzene rings is 4. The predicted octanol–water partition coefficient (Wildman–Crippen LogP) is 11.9. The summed E-state index contributed by atoms with van der Waals surface area (Å²) in [5.74, 6) is -0.366. The fraction of sp³-hybridized carbons (Fsp3) is 0.192. The minimum Gasteiger partial charge on any atom is -0.660 e. The Bertz CT molecular complexity index is 2570. The summed E-state index contributed by atoms with van der Waals surface area (Å²) in [7, 11) is 0. The second-order valence-corrected chi connectivity index (χ2v) is 15.6. The van der Waals surface area contributed by atoms with Crippen LogP contribution < -0.4 is 9.97 Å². The quantitative estimate of drug-likeness (QED) is 0.182. The second-order valence-electron chi connectivity index (χ2n) is 15.6. The summed E-state index contributed by atoms with van der Waals surface area (Å²) in [6.07, 6.45) is 0. The van der Waals surface area contributed by atoms with Gasteiger partial charge in [0.15, 0.2) is 0 Å². The minimum absolute atomic E-state index is 0.183. The Labute approximate surface area is 330 Å². The van der Waals surface area contributed by atoms with Crippen molar-refractivity contribution in [3.05, 3.63) is 222 Å². The van der Waals surface area contributed by atoms with Crippen molar-refractivity contribution >= 4 is 22.6 Å². The lowest BCUT2D eigenvalue weighted by Gasteiger charge is -2.30. The highest BCUT2D eigenvalue weighted by molar-refractivity contribution is 6.27. The molecule has 3 aliphatic heterocycles. The lowest BCUT2D eigenvalue weighted by atomic mass is 9.83. The van der Waals surface area contributed by atoms with E-state index in [2.05, 4.69) is 177 Å². The van der Waals surface area contributed by atoms with Crippen molar-refractivity contribution in [1.29, 1.82) is 0 Å². The molecule has 2 aromatic heterocycles. The second kappa shape index (κ2) is 13.8. The Kier molecular flexibility index (Phi) is 8.73. The van der Waals surface area contributed by atoms with Crippen LogP contribution in [0, 0.1) is 27.7 Å². The van der Waals surface area contributed by atoms with Crippen LogP contribution in [0.5, 0.6) is 0 Å². The van der Waals surface area contributed by atoms with Gasteiger partial charge >= 0.3 is 0 Å². The Morgan fingerprint density at radius 3 is 1.09 bits per heavy atom. The van der Waals surface area contributed by atoms with Crippen molar-refractivity contribution in [2.45, 2.75) is 67.2 Å². The molecule has 0 unspecified atom stereocenters. The number of allylic oxidation sites excluding steroid dienone is 4. The van der Waals surface area contributed by atoms with Gasteiger partial charge in [0.05, 0.1) is 28.7 Å². The maximum atomic E-state index is 5.72. The molecule has 4 aromatic carbocycles. The van der Waals surface area contributed by atoms with Crippen LogP contribution in [0.3, 0.4) is 0 Å². The van der Waals surface area contributed by atoms with E-state index in [0.717, 1.165) is 90.1 Å². The van der Waals surface area contributed by atoms with E-state index in [0.29, 0.717) is 0 Å². The van der Waals surface area contributed by atoms with Crippen molar-refractivity contribution in [1.82, 2.24) is 9.97 Å². The van der Waals surface area contributed by atoms with Gasteiger partial charge in [0.25, 0.3) is 0 Å². The van der Waals surface area contributed by atoms with Gasteiger partial charge in [-0.15, -0.1) is 22.8 Å². The van der Waals surface area contributed by atoms with Gasteiger partial charge in [-0.2, -0.15) is 0 Å². The zero-order chi connectivity index (χ0) is 38.8. The van der Waals surface area contributed by atoms with E-state index in [1.807, 2.05) is 0 Å². The average molecular weight is 727 g/mol. The summed E-state index contributed by atoms with van der Waals surface area (Å²) in [4.78, 5) is 22.9. The number of nitrogens with zero attached hydrogens (tertiary/aromatic N) is 4. The fourth-order valence-electron chi connectivity index (χ4n) is 8.89. The summed E-state index contributed by atoms with van der Waals surface area (Å²) in [5.41, 5.74) is 24.0. The fourth-order valence-corrected chi connectivity index (χ4v) is 8.89. The number of rotatable bonds is 4. The first-order valence-electron chi connectivity index (χ1n) is 19.7. The van der Waals surface area contributed by atoms with Gasteiger partial charge in [-0.05, 0) is 117 Å². The Hall–Kier alpha value is -6.26. The van der Waals surface area contributed by atoms with Crippen LogP contribution in [0.15, 0.2) is 165 Å². The summed E-state index contributed by atoms with van der Waals surface area (Å²) >= 11 is 0. The predicted molar refractivity (Wildman–Crippen MR) is 232 cm³/mol. The van der Waals surface area contributed by atoms with Gasteiger partial charge in [-0.1, -0.05) is 144 Å². The molecule has 0 amide bonds. The van der Waals surface area contributed by atoms with Crippen molar-refractivity contribution in [2.24, 2.45) is 9.98 Å². The number of hydrogen-bond acceptors (Lipinski definition) is 2. The van der Waals surface area contributed by atoms with Crippen LogP contribution >= 0.6 is 0 Å². The molecule has 0 saturated heterocycles.